The Labute approximate surface area is 451 Å². The molecular weight excluding hydrogens is 983 g/mol. The van der Waals surface area contributed by atoms with Crippen LogP contribution in [0.3, 0.4) is 0 Å². The van der Waals surface area contributed by atoms with Gasteiger partial charge in [0, 0.05) is 25.6 Å². The SMILES string of the molecule is CC(=O)N[C@H](C(=O)N[C@@H](CCCNC(N)=O)C(=O)Nc1ccc(COC(=O)N[C@@H](CO)C(=O)Cc2ccc3c(c2)[C@@]2(C)CCC[C@](C)(C(=O)NC(=O)[C@@]4(C)CCC[C@]5(C)c6cc(O)ccc6CC[C@@H]45)[C@@H]2CC3)cc1)C(C)C. The molecule has 0 saturated heterocycles. The molecule has 3 aromatic rings. The Morgan fingerprint density at radius 1 is 0.714 bits per heavy atom. The highest BCUT2D eigenvalue weighted by Crippen LogP contribution is 2.60. The average molecular weight is 1060 g/mol. The molecule has 9 atom stereocenters. The summed E-state index contributed by atoms with van der Waals surface area (Å²) in [6.45, 7) is 12.6. The average Bonchev–Trinajstić information content (AvgIpc) is 3.49. The van der Waals surface area contributed by atoms with E-state index in [1.54, 1.807) is 44.2 Å². The number of benzene rings is 3. The number of aliphatic hydroxyl groups excluding tert-OH is 1. The Hall–Kier alpha value is -6.82. The molecule has 18 nitrogen and oxygen atoms in total. The minimum absolute atomic E-state index is 0.00342. The lowest BCUT2D eigenvalue weighted by molar-refractivity contribution is -0.150. The van der Waals surface area contributed by atoms with Crippen LogP contribution in [0.25, 0.3) is 0 Å². The molecule has 4 aliphatic rings. The van der Waals surface area contributed by atoms with Crippen molar-refractivity contribution in [2.45, 2.75) is 167 Å². The molecule has 77 heavy (non-hydrogen) atoms. The highest BCUT2D eigenvalue weighted by atomic mass is 16.5. The first-order valence-corrected chi connectivity index (χ1v) is 27.3. The van der Waals surface area contributed by atoms with Crippen LogP contribution in [0.2, 0.25) is 0 Å². The second-order valence-corrected chi connectivity index (χ2v) is 23.4. The van der Waals surface area contributed by atoms with E-state index in [-0.39, 0.29) is 66.7 Å². The van der Waals surface area contributed by atoms with Gasteiger partial charge in [-0.25, -0.2) is 9.59 Å². The Balaban J connectivity index is 0.939. The Kier molecular flexibility index (Phi) is 17.9. The van der Waals surface area contributed by atoms with Gasteiger partial charge >= 0.3 is 12.1 Å². The molecule has 4 aliphatic carbocycles. The number of nitrogens with two attached hydrogens (primary N) is 1. The van der Waals surface area contributed by atoms with Gasteiger partial charge in [0.1, 0.15) is 30.5 Å². The molecule has 0 heterocycles. The number of aliphatic hydroxyl groups is 1. The monoisotopic (exact) mass is 1060 g/mol. The van der Waals surface area contributed by atoms with Gasteiger partial charge in [-0.15, -0.1) is 0 Å². The van der Waals surface area contributed by atoms with Crippen LogP contribution in [0.4, 0.5) is 15.3 Å². The number of ether oxygens (including phenoxy) is 1. The molecule has 2 fully saturated rings. The predicted molar refractivity (Wildman–Crippen MR) is 289 cm³/mol. The van der Waals surface area contributed by atoms with Crippen LogP contribution < -0.4 is 37.6 Å². The maximum Gasteiger partial charge on any atom is 0.408 e. The van der Waals surface area contributed by atoms with E-state index in [4.69, 9.17) is 10.5 Å². The molecule has 2 saturated carbocycles. The Morgan fingerprint density at radius 3 is 1.84 bits per heavy atom. The number of hydrogen-bond acceptors (Lipinski definition) is 11. The van der Waals surface area contributed by atoms with Gasteiger partial charge in [-0.3, -0.25) is 34.1 Å². The van der Waals surface area contributed by atoms with Crippen molar-refractivity contribution in [1.29, 1.82) is 0 Å². The van der Waals surface area contributed by atoms with Gasteiger partial charge in [0.05, 0.1) is 17.4 Å². The van der Waals surface area contributed by atoms with Gasteiger partial charge in [0.2, 0.25) is 29.5 Å². The zero-order chi connectivity index (χ0) is 56.0. The molecule has 7 rings (SSSR count). The molecule has 0 unspecified atom stereocenters. The Bertz CT molecular complexity index is 2750. The third kappa shape index (κ3) is 12.6. The van der Waals surface area contributed by atoms with Crippen LogP contribution in [0, 0.1) is 28.6 Å². The van der Waals surface area contributed by atoms with Crippen molar-refractivity contribution in [2.24, 2.45) is 34.3 Å². The third-order valence-electron chi connectivity index (χ3n) is 17.8. The zero-order valence-electron chi connectivity index (χ0n) is 45.7. The first-order valence-electron chi connectivity index (χ1n) is 27.3. The molecule has 416 valence electrons. The minimum atomic E-state index is -1.26. The standard InChI is InChI=1S/C59H79N7O11/c1-34(2)49(62-35(3)68)51(72)64-44(11-8-28-61-54(60)75)50(71)63-40-19-13-36(14-20-40)33-77-55(76)65-45(32-67)46(70)30-37-12-15-38-17-22-47-56(4,42(38)29-37)24-9-26-58(47,6)52(73)66-53(74)59(7)27-10-25-57(5)43-31-41(69)21-16-39(43)18-23-48(57)59/h12-16,19-21,29,31,34,44-45,47-49,67,69H,8-11,17-18,22-28,30,32-33H2,1-7H3,(H,62,68)(H,63,71)(H,64,72)(H,65,76)(H3,60,61,75)(H,66,73,74)/t44-,45-,47+,48+,49-,56+,57+,58-,59-/m0/s1. The lowest BCUT2D eigenvalue weighted by Crippen LogP contribution is -2.60. The van der Waals surface area contributed by atoms with E-state index in [0.29, 0.717) is 36.1 Å². The fourth-order valence-electron chi connectivity index (χ4n) is 13.6. The molecule has 0 spiro atoms. The van der Waals surface area contributed by atoms with Crippen LogP contribution in [0.15, 0.2) is 60.7 Å². The van der Waals surface area contributed by atoms with Gasteiger partial charge < -0.3 is 47.3 Å². The summed E-state index contributed by atoms with van der Waals surface area (Å²) in [6.07, 6.45) is 7.25. The lowest BCUT2D eigenvalue weighted by atomic mass is 9.49. The number of carbonyl (C=O) groups is 8. The number of hydrogen-bond donors (Lipinski definition) is 9. The number of imide groups is 1. The van der Waals surface area contributed by atoms with Gasteiger partial charge in [-0.1, -0.05) is 90.8 Å². The number of aryl methyl sites for hydroxylation is 2. The number of anilines is 1. The summed E-state index contributed by atoms with van der Waals surface area (Å²) in [5.41, 5.74) is 8.99. The van der Waals surface area contributed by atoms with Gasteiger partial charge in [-0.05, 0) is 150 Å². The van der Waals surface area contributed by atoms with Gasteiger partial charge in [0.15, 0.2) is 5.78 Å². The van der Waals surface area contributed by atoms with E-state index in [9.17, 15) is 48.6 Å². The topological polar surface area (TPSA) is 284 Å². The number of primary amides is 1. The molecule has 0 bridgehead atoms. The number of ketones is 1. The summed E-state index contributed by atoms with van der Waals surface area (Å²) < 4.78 is 5.42. The van der Waals surface area contributed by atoms with Crippen LogP contribution in [0.5, 0.6) is 5.75 Å². The number of alkyl carbamates (subject to hydrolysis) is 1. The molecular formula is C59H79N7O11. The number of Topliss-reactive ketones (excluding diaryl/α,β-unsaturated/α-hetero) is 1. The number of fused-ring (bicyclic) bond motifs is 6. The fraction of sp³-hybridized carbons (Fsp3) is 0.559. The maximum atomic E-state index is 14.7. The first-order chi connectivity index (χ1) is 36.4. The number of phenolic OH excluding ortho intramolecular Hbond substituents is 1. The number of carbonyl (C=O) groups excluding carboxylic acids is 8. The predicted octanol–water partition coefficient (Wildman–Crippen LogP) is 6.19. The zero-order valence-corrected chi connectivity index (χ0v) is 45.7. The fourth-order valence-corrected chi connectivity index (χ4v) is 13.6. The van der Waals surface area contributed by atoms with Crippen LogP contribution >= 0.6 is 0 Å². The van der Waals surface area contributed by atoms with Gasteiger partial charge in [0.25, 0.3) is 0 Å². The molecule has 8 amide bonds. The molecule has 3 aromatic carbocycles. The summed E-state index contributed by atoms with van der Waals surface area (Å²) in [6, 6.07) is 14.1. The van der Waals surface area contributed by atoms with Crippen molar-refractivity contribution in [3.05, 3.63) is 94.0 Å². The first kappa shape index (κ1) is 57.9. The Morgan fingerprint density at radius 2 is 1.29 bits per heavy atom. The normalized spacial score (nSPS) is 25.4. The minimum Gasteiger partial charge on any atom is -0.508 e. The second kappa shape index (κ2) is 23.8. The summed E-state index contributed by atoms with van der Waals surface area (Å²) in [5, 5.41) is 36.8. The molecule has 0 radical (unpaired) electrons. The van der Waals surface area contributed by atoms with Crippen molar-refractivity contribution in [2.75, 3.05) is 18.5 Å². The smallest absolute Gasteiger partial charge is 0.408 e. The van der Waals surface area contributed by atoms with Crippen molar-refractivity contribution in [3.8, 4) is 5.75 Å². The summed E-state index contributed by atoms with van der Waals surface area (Å²) >= 11 is 0. The highest BCUT2D eigenvalue weighted by Gasteiger charge is 2.58. The molecule has 18 heteroatoms. The van der Waals surface area contributed by atoms with Gasteiger partial charge in [-0.2, -0.15) is 0 Å². The largest absolute Gasteiger partial charge is 0.508 e. The van der Waals surface area contributed by atoms with E-state index >= 15 is 0 Å². The highest BCUT2D eigenvalue weighted by molar-refractivity contribution is 6.01. The summed E-state index contributed by atoms with van der Waals surface area (Å²) in [5.74, 6) is -2.49. The van der Waals surface area contributed by atoms with Crippen molar-refractivity contribution in [3.63, 3.8) is 0 Å². The van der Waals surface area contributed by atoms with Crippen LogP contribution in [-0.4, -0.2) is 88.9 Å². The molecule has 0 aliphatic heterocycles. The van der Waals surface area contributed by atoms with E-state index in [0.717, 1.165) is 68.1 Å². The van der Waals surface area contributed by atoms with E-state index < -0.39 is 76.6 Å². The van der Waals surface area contributed by atoms with E-state index in [1.807, 2.05) is 44.2 Å². The summed E-state index contributed by atoms with van der Waals surface area (Å²) in [4.78, 5) is 106. The number of rotatable bonds is 19. The number of amides is 8. The molecule has 10 N–H and O–H groups in total. The quantitative estimate of drug-likeness (QED) is 0.0482. The number of urea groups is 1. The maximum absolute atomic E-state index is 14.7. The molecule has 0 aromatic heterocycles. The van der Waals surface area contributed by atoms with Crippen molar-refractivity contribution < 1.29 is 53.3 Å². The number of phenols is 1. The summed E-state index contributed by atoms with van der Waals surface area (Å²) in [7, 11) is 0. The van der Waals surface area contributed by atoms with Crippen molar-refractivity contribution in [1.82, 2.24) is 26.6 Å². The number of nitrogens with one attached hydrogen (secondary N) is 6. The lowest BCUT2D eigenvalue weighted by Gasteiger charge is -2.56. The van der Waals surface area contributed by atoms with Crippen LogP contribution in [-0.2, 0) is 70.2 Å². The third-order valence-corrected chi connectivity index (χ3v) is 17.8. The van der Waals surface area contributed by atoms with E-state index in [1.165, 1.54) is 12.5 Å². The number of aromatic hydroxyl groups is 1. The van der Waals surface area contributed by atoms with E-state index in [2.05, 4.69) is 45.7 Å². The van der Waals surface area contributed by atoms with Crippen LogP contribution in [0.1, 0.15) is 146 Å². The second-order valence-electron chi connectivity index (χ2n) is 23.4. The van der Waals surface area contributed by atoms with Crippen molar-refractivity contribution >= 4 is 53.1 Å².